The van der Waals surface area contributed by atoms with Crippen molar-refractivity contribution in [3.8, 4) is 5.75 Å². The smallest absolute Gasteiger partial charge is 0.314 e. The molecule has 5 heteroatoms. The van der Waals surface area contributed by atoms with Crippen LogP contribution < -0.4 is 9.80 Å². The average Bonchev–Trinajstić information content (AvgIpc) is 3.16. The number of hydrogen-bond donors (Lipinski definition) is 0. The van der Waals surface area contributed by atoms with Gasteiger partial charge in [0.2, 0.25) is 0 Å². The van der Waals surface area contributed by atoms with Gasteiger partial charge in [-0.3, -0.25) is 9.63 Å². The van der Waals surface area contributed by atoms with Crippen molar-refractivity contribution in [3.63, 3.8) is 0 Å². The van der Waals surface area contributed by atoms with Crippen molar-refractivity contribution in [1.82, 2.24) is 0 Å². The maximum atomic E-state index is 12.2. The van der Waals surface area contributed by atoms with Crippen LogP contribution >= 0.6 is 0 Å². The fraction of sp³-hybridized carbons (Fsp3) is 0.278. The molecule has 0 amide bonds. The number of fused-ring (bicyclic) bond motifs is 1. The van der Waals surface area contributed by atoms with Gasteiger partial charge < -0.3 is 9.47 Å². The largest absolute Gasteiger partial charge is 0.497 e. The molecule has 0 radical (unpaired) electrons. The maximum absolute atomic E-state index is 12.2. The van der Waals surface area contributed by atoms with Crippen molar-refractivity contribution in [3.05, 3.63) is 60.2 Å². The summed E-state index contributed by atoms with van der Waals surface area (Å²) in [5.74, 6) is 0.266. The van der Waals surface area contributed by atoms with Crippen molar-refractivity contribution in [2.75, 3.05) is 18.8 Å². The summed E-state index contributed by atoms with van der Waals surface area (Å²) in [6, 6.07) is 17.3. The van der Waals surface area contributed by atoms with Gasteiger partial charge in [0, 0.05) is 0 Å². The Morgan fingerprint density at radius 2 is 1.83 bits per heavy atom. The van der Waals surface area contributed by atoms with E-state index < -0.39 is 0 Å². The van der Waals surface area contributed by atoms with Crippen LogP contribution in [0.1, 0.15) is 11.6 Å². The second kappa shape index (κ2) is 5.59. The molecule has 2 fully saturated rings. The van der Waals surface area contributed by atoms with E-state index in [0.29, 0.717) is 6.61 Å². The van der Waals surface area contributed by atoms with Crippen LogP contribution in [-0.4, -0.2) is 25.8 Å². The number of cyclic esters (lactones) is 1. The minimum Gasteiger partial charge on any atom is -0.497 e. The molecule has 0 N–H and O–H groups in total. The van der Waals surface area contributed by atoms with Crippen LogP contribution in [-0.2, 0) is 14.4 Å². The van der Waals surface area contributed by atoms with E-state index in [1.165, 1.54) is 0 Å². The molecule has 0 aliphatic carbocycles. The van der Waals surface area contributed by atoms with Gasteiger partial charge in [-0.25, -0.2) is 5.06 Å². The summed E-state index contributed by atoms with van der Waals surface area (Å²) in [6.45, 7) is 0.305. The highest BCUT2D eigenvalue weighted by atomic mass is 16.7. The molecule has 2 aliphatic rings. The molecule has 2 aliphatic heterocycles. The first-order valence-electron chi connectivity index (χ1n) is 7.59. The summed E-state index contributed by atoms with van der Waals surface area (Å²) >= 11 is 0. The molecule has 4 rings (SSSR count). The molecule has 23 heavy (non-hydrogen) atoms. The Kier molecular flexibility index (Phi) is 3.42. The molecule has 2 heterocycles. The second-order valence-electron chi connectivity index (χ2n) is 5.68. The average molecular weight is 311 g/mol. The van der Waals surface area contributed by atoms with Crippen molar-refractivity contribution < 1.29 is 19.1 Å². The lowest BCUT2D eigenvalue weighted by molar-refractivity contribution is -0.141. The second-order valence-corrected chi connectivity index (χ2v) is 5.68. The molecule has 0 unspecified atom stereocenters. The zero-order valence-electron chi connectivity index (χ0n) is 12.7. The van der Waals surface area contributed by atoms with Gasteiger partial charge in [-0.1, -0.05) is 30.3 Å². The first-order chi connectivity index (χ1) is 11.3. The topological polar surface area (TPSA) is 48.0 Å². The van der Waals surface area contributed by atoms with Crippen LogP contribution in [0.25, 0.3) is 0 Å². The SMILES string of the molecule is COc1ccc([C@@H]2[C@H]3C(=O)OC[C@H]3ON2c2ccccc2)cc1. The van der Waals surface area contributed by atoms with Gasteiger partial charge in [0.25, 0.3) is 0 Å². The Balaban J connectivity index is 1.75. The van der Waals surface area contributed by atoms with Crippen LogP contribution in [0.5, 0.6) is 5.75 Å². The molecule has 2 aromatic carbocycles. The van der Waals surface area contributed by atoms with Crippen LogP contribution in [0.4, 0.5) is 5.69 Å². The van der Waals surface area contributed by atoms with E-state index in [4.69, 9.17) is 14.3 Å². The Bertz CT molecular complexity index is 701. The predicted molar refractivity (Wildman–Crippen MR) is 84.0 cm³/mol. The first kappa shape index (κ1) is 14.1. The number of ether oxygens (including phenoxy) is 2. The van der Waals surface area contributed by atoms with Crippen LogP contribution in [0.3, 0.4) is 0 Å². The van der Waals surface area contributed by atoms with Crippen molar-refractivity contribution in [1.29, 1.82) is 0 Å². The Hall–Kier alpha value is -2.53. The molecule has 0 spiro atoms. The minimum absolute atomic E-state index is 0.200. The fourth-order valence-electron chi connectivity index (χ4n) is 3.24. The van der Waals surface area contributed by atoms with Gasteiger partial charge in [-0.2, -0.15) is 0 Å². The van der Waals surface area contributed by atoms with Gasteiger partial charge in [-0.05, 0) is 29.8 Å². The summed E-state index contributed by atoms with van der Waals surface area (Å²) in [7, 11) is 1.63. The lowest BCUT2D eigenvalue weighted by atomic mass is 9.91. The van der Waals surface area contributed by atoms with E-state index >= 15 is 0 Å². The first-order valence-corrected chi connectivity index (χ1v) is 7.59. The standard InChI is InChI=1S/C18H17NO4/c1-21-14-9-7-12(8-10-14)17-16-15(11-22-18(16)20)23-19(17)13-5-3-2-4-6-13/h2-10,15-17H,11H2,1H3/t15-,16+,17-/m1/s1. The molecule has 0 bridgehead atoms. The number of para-hydroxylation sites is 1. The fourth-order valence-corrected chi connectivity index (χ4v) is 3.24. The van der Waals surface area contributed by atoms with E-state index in [1.54, 1.807) is 7.11 Å². The van der Waals surface area contributed by atoms with Gasteiger partial charge in [0.15, 0.2) is 0 Å². The zero-order chi connectivity index (χ0) is 15.8. The number of methoxy groups -OCH3 is 1. The van der Waals surface area contributed by atoms with E-state index in [1.807, 2.05) is 59.7 Å². The zero-order valence-corrected chi connectivity index (χ0v) is 12.7. The summed E-state index contributed by atoms with van der Waals surface area (Å²) in [5.41, 5.74) is 1.93. The number of esters is 1. The number of rotatable bonds is 3. The highest BCUT2D eigenvalue weighted by molar-refractivity contribution is 5.78. The monoisotopic (exact) mass is 311 g/mol. The molecule has 0 saturated carbocycles. The van der Waals surface area contributed by atoms with Gasteiger partial charge in [0.05, 0.1) is 18.8 Å². The lowest BCUT2D eigenvalue weighted by Crippen LogP contribution is -2.27. The molecular weight excluding hydrogens is 294 g/mol. The third-order valence-corrected chi connectivity index (χ3v) is 4.37. The Morgan fingerprint density at radius 3 is 2.52 bits per heavy atom. The number of carbonyl (C=O) groups excluding carboxylic acids is 1. The third kappa shape index (κ3) is 2.33. The molecule has 5 nitrogen and oxygen atoms in total. The molecule has 2 aromatic rings. The lowest BCUT2D eigenvalue weighted by Gasteiger charge is -2.27. The van der Waals surface area contributed by atoms with Gasteiger partial charge in [0.1, 0.15) is 24.4 Å². The van der Waals surface area contributed by atoms with Crippen molar-refractivity contribution >= 4 is 11.7 Å². The number of benzene rings is 2. The minimum atomic E-state index is -0.316. The number of hydroxylamine groups is 1. The van der Waals surface area contributed by atoms with Gasteiger partial charge >= 0.3 is 5.97 Å². The molecule has 0 aromatic heterocycles. The predicted octanol–water partition coefficient (Wildman–Crippen LogP) is 2.73. The van der Waals surface area contributed by atoms with E-state index in [9.17, 15) is 4.79 Å². The van der Waals surface area contributed by atoms with Crippen LogP contribution in [0.15, 0.2) is 54.6 Å². The molecular formula is C18H17NO4. The van der Waals surface area contributed by atoms with Crippen molar-refractivity contribution in [2.45, 2.75) is 12.1 Å². The van der Waals surface area contributed by atoms with E-state index in [0.717, 1.165) is 17.0 Å². The van der Waals surface area contributed by atoms with Gasteiger partial charge in [-0.15, -0.1) is 0 Å². The Morgan fingerprint density at radius 1 is 1.09 bits per heavy atom. The molecule has 2 saturated heterocycles. The maximum Gasteiger partial charge on any atom is 0.314 e. The third-order valence-electron chi connectivity index (χ3n) is 4.37. The van der Waals surface area contributed by atoms with E-state index in [-0.39, 0.29) is 24.0 Å². The summed E-state index contributed by atoms with van der Waals surface area (Å²) in [4.78, 5) is 18.2. The Labute approximate surface area is 134 Å². The highest BCUT2D eigenvalue weighted by Gasteiger charge is 2.53. The van der Waals surface area contributed by atoms with E-state index in [2.05, 4.69) is 0 Å². The normalized spacial score (nSPS) is 26.0. The molecule has 118 valence electrons. The summed E-state index contributed by atoms with van der Waals surface area (Å²) in [6.07, 6.45) is -0.241. The number of anilines is 1. The quantitative estimate of drug-likeness (QED) is 0.816. The van der Waals surface area contributed by atoms with Crippen LogP contribution in [0.2, 0.25) is 0 Å². The number of carbonyl (C=O) groups is 1. The highest BCUT2D eigenvalue weighted by Crippen LogP contribution is 2.45. The summed E-state index contributed by atoms with van der Waals surface area (Å²) in [5, 5.41) is 1.83. The number of nitrogens with zero attached hydrogens (tertiary/aromatic N) is 1. The van der Waals surface area contributed by atoms with Crippen LogP contribution in [0, 0.1) is 5.92 Å². The van der Waals surface area contributed by atoms with Crippen molar-refractivity contribution in [2.24, 2.45) is 5.92 Å². The summed E-state index contributed by atoms with van der Waals surface area (Å²) < 4.78 is 10.4. The number of hydrogen-bond acceptors (Lipinski definition) is 5. The molecule has 3 atom stereocenters.